The molecule has 0 saturated carbocycles. The monoisotopic (exact) mass is 254 g/mol. The van der Waals surface area contributed by atoms with Crippen LogP contribution in [0.1, 0.15) is 11.1 Å². The summed E-state index contributed by atoms with van der Waals surface area (Å²) >= 11 is 22.4. The predicted molar refractivity (Wildman–Crippen MR) is 53.2 cm³/mol. The molecule has 2 nitrogen and oxygen atoms in total. The highest BCUT2D eigenvalue weighted by atomic mass is 35.6. The molecule has 0 aliphatic carbocycles. The molecule has 0 atom stereocenters. The van der Waals surface area contributed by atoms with Crippen LogP contribution in [0, 0.1) is 11.3 Å². The molecular weight excluding hydrogens is 254 g/mol. The lowest BCUT2D eigenvalue weighted by molar-refractivity contribution is 1.17. The van der Waals surface area contributed by atoms with Crippen LogP contribution in [0.15, 0.2) is 12.3 Å². The third-order valence-electron chi connectivity index (χ3n) is 1.32. The van der Waals surface area contributed by atoms with Crippen LogP contribution in [-0.4, -0.2) is 4.98 Å². The Morgan fingerprint density at radius 2 is 2.00 bits per heavy atom. The van der Waals surface area contributed by atoms with Crippen molar-refractivity contribution in [1.29, 1.82) is 5.26 Å². The van der Waals surface area contributed by atoms with Crippen LogP contribution in [0.3, 0.4) is 0 Å². The van der Waals surface area contributed by atoms with E-state index in [-0.39, 0.29) is 16.3 Å². The number of hydrogen-bond acceptors (Lipinski definition) is 2. The third kappa shape index (κ3) is 2.38. The summed E-state index contributed by atoms with van der Waals surface area (Å²) in [5.41, 5.74) is 0.323. The van der Waals surface area contributed by atoms with Gasteiger partial charge < -0.3 is 0 Å². The molecule has 0 N–H and O–H groups in total. The van der Waals surface area contributed by atoms with Crippen LogP contribution >= 0.6 is 46.4 Å². The topological polar surface area (TPSA) is 36.7 Å². The van der Waals surface area contributed by atoms with Gasteiger partial charge in [-0.3, -0.25) is 0 Å². The summed E-state index contributed by atoms with van der Waals surface area (Å²) in [6, 6.07) is 3.26. The zero-order valence-electron chi connectivity index (χ0n) is 6.06. The van der Waals surface area contributed by atoms with E-state index in [1.54, 1.807) is 0 Å². The van der Waals surface area contributed by atoms with Crippen LogP contribution in [0.4, 0.5) is 0 Å². The van der Waals surface area contributed by atoms with E-state index in [4.69, 9.17) is 51.7 Å². The lowest BCUT2D eigenvalue weighted by Gasteiger charge is -2.12. The average Bonchev–Trinajstić information content (AvgIpc) is 2.02. The van der Waals surface area contributed by atoms with Crippen molar-refractivity contribution in [2.75, 3.05) is 0 Å². The van der Waals surface area contributed by atoms with E-state index in [9.17, 15) is 0 Å². The summed E-state index contributed by atoms with van der Waals surface area (Å²) < 4.78 is -1.66. The minimum Gasteiger partial charge on any atom is -0.243 e. The van der Waals surface area contributed by atoms with Crippen molar-refractivity contribution in [2.24, 2.45) is 0 Å². The van der Waals surface area contributed by atoms with E-state index in [1.165, 1.54) is 12.3 Å². The maximum atomic E-state index is 8.71. The Hall–Kier alpha value is -0.200. The quantitative estimate of drug-likeness (QED) is 0.526. The molecule has 0 unspecified atom stereocenters. The van der Waals surface area contributed by atoms with Gasteiger partial charge in [0.1, 0.15) is 11.2 Å². The number of nitriles is 1. The first-order chi connectivity index (χ1) is 5.96. The molecule has 1 aromatic heterocycles. The average molecular weight is 256 g/mol. The van der Waals surface area contributed by atoms with Crippen molar-refractivity contribution in [3.8, 4) is 6.07 Å². The molecule has 0 fully saturated rings. The van der Waals surface area contributed by atoms with E-state index in [2.05, 4.69) is 4.98 Å². The Labute approximate surface area is 95.0 Å². The molecule has 0 aliphatic heterocycles. The van der Waals surface area contributed by atoms with Crippen LogP contribution in [0.5, 0.6) is 0 Å². The maximum Gasteiger partial charge on any atom is 0.217 e. The van der Waals surface area contributed by atoms with Crippen LogP contribution < -0.4 is 0 Å². The molecule has 6 heteroatoms. The van der Waals surface area contributed by atoms with Gasteiger partial charge in [0, 0.05) is 11.8 Å². The highest BCUT2D eigenvalue weighted by Crippen LogP contribution is 2.40. The predicted octanol–water partition coefficient (Wildman–Crippen LogP) is 3.43. The van der Waals surface area contributed by atoms with Crippen molar-refractivity contribution in [3.63, 3.8) is 0 Å². The highest BCUT2D eigenvalue weighted by molar-refractivity contribution is 6.66. The van der Waals surface area contributed by atoms with E-state index in [0.717, 1.165) is 0 Å². The van der Waals surface area contributed by atoms with Crippen molar-refractivity contribution in [3.05, 3.63) is 28.5 Å². The third-order valence-corrected chi connectivity index (χ3v) is 2.22. The first kappa shape index (κ1) is 10.9. The Morgan fingerprint density at radius 3 is 2.38 bits per heavy atom. The Morgan fingerprint density at radius 1 is 1.38 bits per heavy atom. The summed E-state index contributed by atoms with van der Waals surface area (Å²) in [5.74, 6) is 0. The van der Waals surface area contributed by atoms with Crippen LogP contribution in [0.2, 0.25) is 5.15 Å². The molecule has 0 amide bonds. The molecule has 0 saturated heterocycles. The van der Waals surface area contributed by atoms with Gasteiger partial charge in [-0.15, -0.1) is 0 Å². The zero-order chi connectivity index (χ0) is 10.1. The maximum absolute atomic E-state index is 8.71. The molecule has 1 heterocycles. The van der Waals surface area contributed by atoms with E-state index < -0.39 is 3.79 Å². The highest BCUT2D eigenvalue weighted by Gasteiger charge is 2.27. The van der Waals surface area contributed by atoms with Gasteiger partial charge in [-0.25, -0.2) is 4.98 Å². The Kier molecular flexibility index (Phi) is 3.26. The van der Waals surface area contributed by atoms with Gasteiger partial charge in [0.2, 0.25) is 3.79 Å². The van der Waals surface area contributed by atoms with Gasteiger partial charge in [0.15, 0.2) is 0 Å². The van der Waals surface area contributed by atoms with Crippen molar-refractivity contribution < 1.29 is 0 Å². The lowest BCUT2D eigenvalue weighted by atomic mass is 10.2. The van der Waals surface area contributed by atoms with Gasteiger partial charge in [0.05, 0.1) is 5.56 Å². The molecule has 0 bridgehead atoms. The molecule has 13 heavy (non-hydrogen) atoms. The molecular formula is C7H2Cl4N2. The van der Waals surface area contributed by atoms with Crippen LogP contribution in [-0.2, 0) is 3.79 Å². The second-order valence-corrected chi connectivity index (χ2v) is 4.77. The largest absolute Gasteiger partial charge is 0.243 e. The van der Waals surface area contributed by atoms with Crippen molar-refractivity contribution in [2.45, 2.75) is 3.79 Å². The summed E-state index contributed by atoms with van der Waals surface area (Å²) in [7, 11) is 0. The number of rotatable bonds is 0. The first-order valence-corrected chi connectivity index (χ1v) is 4.60. The number of alkyl halides is 3. The molecule has 1 rings (SSSR count). The van der Waals surface area contributed by atoms with Gasteiger partial charge in [-0.2, -0.15) is 5.26 Å². The summed E-state index contributed by atoms with van der Waals surface area (Å²) in [6.07, 6.45) is 1.38. The fourth-order valence-corrected chi connectivity index (χ4v) is 1.45. The molecule has 68 valence electrons. The molecule has 0 aliphatic rings. The number of hydrogen-bond donors (Lipinski definition) is 0. The van der Waals surface area contributed by atoms with Gasteiger partial charge in [-0.05, 0) is 6.07 Å². The van der Waals surface area contributed by atoms with Gasteiger partial charge in [-0.1, -0.05) is 46.4 Å². The molecule has 0 spiro atoms. The number of aromatic nitrogens is 1. The lowest BCUT2D eigenvalue weighted by Crippen LogP contribution is -2.04. The van der Waals surface area contributed by atoms with Crippen molar-refractivity contribution >= 4 is 46.4 Å². The van der Waals surface area contributed by atoms with Gasteiger partial charge in [0.25, 0.3) is 0 Å². The minimum atomic E-state index is -1.66. The van der Waals surface area contributed by atoms with Crippen LogP contribution in [0.25, 0.3) is 0 Å². The molecule has 0 aromatic carbocycles. The van der Waals surface area contributed by atoms with E-state index in [1.807, 2.05) is 6.07 Å². The summed E-state index contributed by atoms with van der Waals surface area (Å²) in [5, 5.41) is 8.75. The number of halogens is 4. The fraction of sp³-hybridized carbons (Fsp3) is 0.143. The number of pyridine rings is 1. The normalized spacial score (nSPS) is 11.0. The SMILES string of the molecule is N#Cc1c(C(Cl)(Cl)Cl)ccnc1Cl. The minimum absolute atomic E-state index is 0.0336. The van der Waals surface area contributed by atoms with Crippen molar-refractivity contribution in [1.82, 2.24) is 4.98 Å². The Bertz CT molecular complexity index is 364. The fourth-order valence-electron chi connectivity index (χ4n) is 0.779. The first-order valence-electron chi connectivity index (χ1n) is 3.08. The second-order valence-electron chi connectivity index (χ2n) is 2.13. The summed E-state index contributed by atoms with van der Waals surface area (Å²) in [6.45, 7) is 0. The standard InChI is InChI=1S/C7H2Cl4N2/c8-6-4(3-12)5(1-2-13-6)7(9,10)11/h1-2H. The summed E-state index contributed by atoms with van der Waals surface area (Å²) in [4.78, 5) is 3.69. The number of nitrogens with zero attached hydrogens (tertiary/aromatic N) is 2. The smallest absolute Gasteiger partial charge is 0.217 e. The second kappa shape index (κ2) is 3.89. The zero-order valence-corrected chi connectivity index (χ0v) is 9.08. The molecule has 1 aromatic rings. The van der Waals surface area contributed by atoms with E-state index in [0.29, 0.717) is 0 Å². The molecule has 0 radical (unpaired) electrons. The Balaban J connectivity index is 3.40. The van der Waals surface area contributed by atoms with E-state index >= 15 is 0 Å². The van der Waals surface area contributed by atoms with Gasteiger partial charge >= 0.3 is 0 Å².